The Balaban J connectivity index is 2.20. The molecular formula is C18H14ClF3N2O2. The van der Waals surface area contributed by atoms with Crippen LogP contribution in [0.15, 0.2) is 48.5 Å². The van der Waals surface area contributed by atoms with Gasteiger partial charge < -0.3 is 10.6 Å². The summed E-state index contributed by atoms with van der Waals surface area (Å²) >= 11 is 5.87. The minimum absolute atomic E-state index is 0.0521. The van der Waals surface area contributed by atoms with E-state index in [9.17, 15) is 22.8 Å². The Kier molecular flexibility index (Phi) is 6.05. The Morgan fingerprint density at radius 3 is 2.46 bits per heavy atom. The van der Waals surface area contributed by atoms with Crippen LogP contribution in [0.4, 0.5) is 18.9 Å². The number of amides is 2. The molecule has 0 spiro atoms. The van der Waals surface area contributed by atoms with Crippen molar-refractivity contribution < 1.29 is 22.8 Å². The molecule has 0 fully saturated rings. The molecule has 2 aromatic carbocycles. The van der Waals surface area contributed by atoms with E-state index in [2.05, 4.69) is 10.6 Å². The minimum atomic E-state index is -4.51. The van der Waals surface area contributed by atoms with E-state index in [4.69, 9.17) is 11.6 Å². The van der Waals surface area contributed by atoms with E-state index >= 15 is 0 Å². The summed E-state index contributed by atoms with van der Waals surface area (Å²) in [4.78, 5) is 23.8. The molecule has 0 unspecified atom stereocenters. The molecule has 0 saturated heterocycles. The average molecular weight is 383 g/mol. The largest absolute Gasteiger partial charge is 0.416 e. The molecule has 0 heterocycles. The van der Waals surface area contributed by atoms with Gasteiger partial charge in [-0.2, -0.15) is 13.2 Å². The monoisotopic (exact) mass is 382 g/mol. The van der Waals surface area contributed by atoms with Gasteiger partial charge in [0.05, 0.1) is 16.8 Å². The van der Waals surface area contributed by atoms with Gasteiger partial charge in [-0.1, -0.05) is 23.7 Å². The average Bonchev–Trinajstić information content (AvgIpc) is 2.59. The van der Waals surface area contributed by atoms with Crippen molar-refractivity contribution in [3.63, 3.8) is 0 Å². The molecular weight excluding hydrogens is 369 g/mol. The molecule has 0 aliphatic carbocycles. The zero-order chi connectivity index (χ0) is 19.3. The van der Waals surface area contributed by atoms with E-state index < -0.39 is 17.6 Å². The first-order chi connectivity index (χ1) is 12.2. The van der Waals surface area contributed by atoms with Crippen molar-refractivity contribution in [2.75, 3.05) is 12.4 Å². The normalized spacial score (nSPS) is 11.4. The summed E-state index contributed by atoms with van der Waals surface area (Å²) in [5.41, 5.74) is -0.284. The molecule has 0 saturated carbocycles. The summed E-state index contributed by atoms with van der Waals surface area (Å²) in [5.74, 6) is -0.999. The standard InChI is InChI=1S/C18H14ClF3N2O2/c1-23-17(26)13-4-2-3-5-15(13)24-16(25)9-6-11-10-12(18(20,21)22)7-8-14(11)19/h2-10H,1H3,(H,23,26)(H,24,25)/b9-6+. The van der Waals surface area contributed by atoms with Gasteiger partial charge in [0.15, 0.2) is 0 Å². The van der Waals surface area contributed by atoms with Gasteiger partial charge in [0.1, 0.15) is 0 Å². The number of benzene rings is 2. The number of hydrogen-bond donors (Lipinski definition) is 2. The van der Waals surface area contributed by atoms with Crippen molar-refractivity contribution in [3.8, 4) is 0 Å². The molecule has 0 atom stereocenters. The van der Waals surface area contributed by atoms with E-state index in [1.807, 2.05) is 0 Å². The maximum Gasteiger partial charge on any atom is 0.416 e. The van der Waals surface area contributed by atoms with E-state index in [1.165, 1.54) is 25.3 Å². The topological polar surface area (TPSA) is 58.2 Å². The summed E-state index contributed by atoms with van der Waals surface area (Å²) in [6, 6.07) is 9.16. The fourth-order valence-corrected chi connectivity index (χ4v) is 2.29. The lowest BCUT2D eigenvalue weighted by Gasteiger charge is -2.09. The number of hydrogen-bond acceptors (Lipinski definition) is 2. The molecule has 8 heteroatoms. The molecule has 0 aromatic heterocycles. The molecule has 2 amide bonds. The highest BCUT2D eigenvalue weighted by atomic mass is 35.5. The zero-order valence-corrected chi connectivity index (χ0v) is 14.3. The van der Waals surface area contributed by atoms with Gasteiger partial charge in [-0.3, -0.25) is 9.59 Å². The predicted octanol–water partition coefficient (Wildman–Crippen LogP) is 4.37. The van der Waals surface area contributed by atoms with Crippen LogP contribution in [-0.4, -0.2) is 18.9 Å². The predicted molar refractivity (Wildman–Crippen MR) is 93.9 cm³/mol. The van der Waals surface area contributed by atoms with Crippen molar-refractivity contribution in [2.24, 2.45) is 0 Å². The van der Waals surface area contributed by atoms with Gasteiger partial charge in [0.25, 0.3) is 5.91 Å². The minimum Gasteiger partial charge on any atom is -0.355 e. The highest BCUT2D eigenvalue weighted by molar-refractivity contribution is 6.32. The number of rotatable bonds is 4. The van der Waals surface area contributed by atoms with Gasteiger partial charge in [-0.05, 0) is 42.0 Å². The van der Waals surface area contributed by atoms with Gasteiger partial charge in [0, 0.05) is 18.1 Å². The first kappa shape index (κ1) is 19.5. The van der Waals surface area contributed by atoms with Crippen LogP contribution in [0.3, 0.4) is 0 Å². The third-order valence-corrected chi connectivity index (χ3v) is 3.74. The third kappa shape index (κ3) is 4.86. The number of anilines is 1. The molecule has 2 N–H and O–H groups in total. The Morgan fingerprint density at radius 2 is 1.81 bits per heavy atom. The van der Waals surface area contributed by atoms with E-state index in [1.54, 1.807) is 12.1 Å². The fraction of sp³-hybridized carbons (Fsp3) is 0.111. The maximum absolute atomic E-state index is 12.8. The van der Waals surface area contributed by atoms with Crippen LogP contribution in [0.5, 0.6) is 0 Å². The van der Waals surface area contributed by atoms with Crippen molar-refractivity contribution >= 4 is 35.2 Å². The van der Waals surface area contributed by atoms with Gasteiger partial charge >= 0.3 is 6.18 Å². The van der Waals surface area contributed by atoms with E-state index in [0.717, 1.165) is 24.3 Å². The van der Waals surface area contributed by atoms with Gasteiger partial charge in [-0.15, -0.1) is 0 Å². The number of carbonyl (C=O) groups is 2. The second-order valence-electron chi connectivity index (χ2n) is 5.18. The van der Waals surface area contributed by atoms with Crippen molar-refractivity contribution in [1.82, 2.24) is 5.32 Å². The number of carbonyl (C=O) groups excluding carboxylic acids is 2. The fourth-order valence-electron chi connectivity index (χ4n) is 2.11. The van der Waals surface area contributed by atoms with E-state index in [-0.39, 0.29) is 27.7 Å². The summed E-state index contributed by atoms with van der Waals surface area (Å²) in [6.07, 6.45) is -2.29. The smallest absolute Gasteiger partial charge is 0.355 e. The zero-order valence-electron chi connectivity index (χ0n) is 13.5. The highest BCUT2D eigenvalue weighted by Gasteiger charge is 2.30. The molecule has 4 nitrogen and oxygen atoms in total. The number of nitrogens with one attached hydrogen (secondary N) is 2. The second-order valence-corrected chi connectivity index (χ2v) is 5.59. The second kappa shape index (κ2) is 8.05. The van der Waals surface area contributed by atoms with Crippen LogP contribution in [0, 0.1) is 0 Å². The summed E-state index contributed by atoms with van der Waals surface area (Å²) < 4.78 is 38.3. The van der Waals surface area contributed by atoms with Crippen LogP contribution < -0.4 is 10.6 Å². The summed E-state index contributed by atoms with van der Waals surface area (Å²) in [7, 11) is 1.45. The molecule has 136 valence electrons. The molecule has 0 radical (unpaired) electrons. The van der Waals surface area contributed by atoms with Crippen molar-refractivity contribution in [3.05, 3.63) is 70.3 Å². The SMILES string of the molecule is CNC(=O)c1ccccc1NC(=O)/C=C/c1cc(C(F)(F)F)ccc1Cl. The highest BCUT2D eigenvalue weighted by Crippen LogP contribution is 2.32. The van der Waals surface area contributed by atoms with Gasteiger partial charge in [0.2, 0.25) is 5.91 Å². The van der Waals surface area contributed by atoms with Crippen LogP contribution in [-0.2, 0) is 11.0 Å². The first-order valence-electron chi connectivity index (χ1n) is 7.39. The molecule has 0 bridgehead atoms. The van der Waals surface area contributed by atoms with Crippen molar-refractivity contribution in [1.29, 1.82) is 0 Å². The Hall–Kier alpha value is -2.80. The molecule has 2 rings (SSSR count). The maximum atomic E-state index is 12.8. The summed E-state index contributed by atoms with van der Waals surface area (Å²) in [6.45, 7) is 0. The first-order valence-corrected chi connectivity index (χ1v) is 7.77. The molecule has 26 heavy (non-hydrogen) atoms. The van der Waals surface area contributed by atoms with Crippen LogP contribution in [0.1, 0.15) is 21.5 Å². The lowest BCUT2D eigenvalue weighted by atomic mass is 10.1. The van der Waals surface area contributed by atoms with Crippen LogP contribution in [0.2, 0.25) is 5.02 Å². The van der Waals surface area contributed by atoms with E-state index in [0.29, 0.717) is 0 Å². The lowest BCUT2D eigenvalue weighted by molar-refractivity contribution is -0.137. The third-order valence-electron chi connectivity index (χ3n) is 3.39. The summed E-state index contributed by atoms with van der Waals surface area (Å²) in [5, 5.41) is 5.03. The van der Waals surface area contributed by atoms with Crippen LogP contribution in [0.25, 0.3) is 6.08 Å². The number of alkyl halides is 3. The van der Waals surface area contributed by atoms with Crippen LogP contribution >= 0.6 is 11.6 Å². The molecule has 2 aromatic rings. The number of para-hydroxylation sites is 1. The quantitative estimate of drug-likeness (QED) is 0.771. The molecule has 0 aliphatic rings. The Morgan fingerprint density at radius 1 is 1.12 bits per heavy atom. The number of halogens is 4. The lowest BCUT2D eigenvalue weighted by Crippen LogP contribution is -2.20. The Labute approximate surface area is 152 Å². The van der Waals surface area contributed by atoms with Gasteiger partial charge in [-0.25, -0.2) is 0 Å². The van der Waals surface area contributed by atoms with Crippen molar-refractivity contribution in [2.45, 2.75) is 6.18 Å². The molecule has 0 aliphatic heterocycles. The Bertz CT molecular complexity index is 864.